The summed E-state index contributed by atoms with van der Waals surface area (Å²) >= 11 is 0. The van der Waals surface area contributed by atoms with Crippen LogP contribution in [-0.2, 0) is 33.5 Å². The molecule has 1 aromatic carbocycles. The summed E-state index contributed by atoms with van der Waals surface area (Å²) in [5.41, 5.74) is -0.155. The normalized spacial score (nSPS) is 23.3. The minimum atomic E-state index is -1.19. The van der Waals surface area contributed by atoms with Crippen LogP contribution in [0.25, 0.3) is 0 Å². The van der Waals surface area contributed by atoms with Gasteiger partial charge in [-0.25, -0.2) is 4.79 Å². The minimum Gasteiger partial charge on any atom is -0.449 e. The van der Waals surface area contributed by atoms with Gasteiger partial charge < -0.3 is 35.8 Å². The van der Waals surface area contributed by atoms with Gasteiger partial charge in [0, 0.05) is 20.6 Å². The Hall–Kier alpha value is -4.49. The van der Waals surface area contributed by atoms with Crippen molar-refractivity contribution in [3.05, 3.63) is 35.9 Å². The van der Waals surface area contributed by atoms with Gasteiger partial charge in [-0.05, 0) is 66.3 Å². The van der Waals surface area contributed by atoms with E-state index >= 15 is 0 Å². The van der Waals surface area contributed by atoms with Gasteiger partial charge >= 0.3 is 6.09 Å². The van der Waals surface area contributed by atoms with Gasteiger partial charge in [0.2, 0.25) is 29.4 Å². The summed E-state index contributed by atoms with van der Waals surface area (Å²) in [6.07, 6.45) is 2.88. The number of hydrogen-bond acceptors (Lipinski definition) is 8. The predicted octanol–water partition coefficient (Wildman–Crippen LogP) is 2.57. The SMILES string of the molecule is CCCC(NC(=O)[C@@H]1[C@@H]2C(CN1C(=O)[C@@H](NC(=O)OCC(C)C)C(C)(C)C)[C@@H]1CC[C@@H]2C1)C(=O)C(=O)NCC(=O)NC(C(=O)N(C)C)c1ccccc1. The van der Waals surface area contributed by atoms with Crippen molar-refractivity contribution in [1.82, 2.24) is 31.1 Å². The Balaban J connectivity index is 1.47. The maximum absolute atomic E-state index is 14.4. The number of hydrogen-bond donors (Lipinski definition) is 4. The number of alkyl carbamates (subject to hydrolysis) is 1. The maximum Gasteiger partial charge on any atom is 0.407 e. The Morgan fingerprint density at radius 2 is 1.60 bits per heavy atom. The average molecular weight is 739 g/mol. The van der Waals surface area contributed by atoms with Gasteiger partial charge in [-0.3, -0.25) is 28.8 Å². The van der Waals surface area contributed by atoms with Crippen molar-refractivity contribution in [3.8, 4) is 0 Å². The third-order valence-corrected chi connectivity index (χ3v) is 10.7. The molecule has 0 aromatic heterocycles. The summed E-state index contributed by atoms with van der Waals surface area (Å²) in [4.78, 5) is 96.8. The topological polar surface area (TPSA) is 183 Å². The summed E-state index contributed by atoms with van der Waals surface area (Å²) in [5, 5.41) is 10.5. The lowest BCUT2D eigenvalue weighted by molar-refractivity contribution is -0.145. The van der Waals surface area contributed by atoms with Gasteiger partial charge in [-0.1, -0.05) is 78.3 Å². The highest BCUT2D eigenvalue weighted by molar-refractivity contribution is 6.38. The Kier molecular flexibility index (Phi) is 13.7. The lowest BCUT2D eigenvalue weighted by Gasteiger charge is -2.37. The fraction of sp³-hybridized carbons (Fsp3) is 0.667. The van der Waals surface area contributed by atoms with E-state index in [4.69, 9.17) is 4.74 Å². The van der Waals surface area contributed by atoms with Crippen LogP contribution in [0, 0.1) is 35.0 Å². The van der Waals surface area contributed by atoms with Crippen molar-refractivity contribution >= 4 is 41.4 Å². The summed E-state index contributed by atoms with van der Waals surface area (Å²) in [7, 11) is 3.13. The highest BCUT2D eigenvalue weighted by Crippen LogP contribution is 2.57. The van der Waals surface area contributed by atoms with E-state index in [1.54, 1.807) is 49.3 Å². The smallest absolute Gasteiger partial charge is 0.407 e. The molecule has 1 saturated heterocycles. The van der Waals surface area contributed by atoms with Crippen molar-refractivity contribution in [2.24, 2.45) is 35.0 Å². The number of benzene rings is 1. The molecular formula is C39H58N6O8. The van der Waals surface area contributed by atoms with Gasteiger partial charge in [0.15, 0.2) is 0 Å². The number of Topliss-reactive ketones (excluding diaryl/α,β-unsaturated/α-hetero) is 1. The van der Waals surface area contributed by atoms with Crippen LogP contribution in [0.3, 0.4) is 0 Å². The second kappa shape index (κ2) is 17.6. The van der Waals surface area contributed by atoms with Crippen molar-refractivity contribution in [1.29, 1.82) is 0 Å². The van der Waals surface area contributed by atoms with Crippen molar-refractivity contribution < 1.29 is 38.3 Å². The highest BCUT2D eigenvalue weighted by atomic mass is 16.5. The Labute approximate surface area is 312 Å². The Bertz CT molecular complexity index is 1530. The fourth-order valence-electron chi connectivity index (χ4n) is 8.15. The molecule has 4 N–H and O–H groups in total. The molecule has 53 heavy (non-hydrogen) atoms. The monoisotopic (exact) mass is 738 g/mol. The largest absolute Gasteiger partial charge is 0.449 e. The summed E-state index contributed by atoms with van der Waals surface area (Å²) < 4.78 is 5.34. The van der Waals surface area contributed by atoms with E-state index in [-0.39, 0.29) is 42.6 Å². The third kappa shape index (κ3) is 9.94. The number of carbonyl (C=O) groups is 7. The van der Waals surface area contributed by atoms with Crippen molar-refractivity contribution in [3.63, 3.8) is 0 Å². The molecule has 1 heterocycles. The van der Waals surface area contributed by atoms with Crippen LogP contribution in [0.4, 0.5) is 4.79 Å². The number of fused-ring (bicyclic) bond motifs is 5. The van der Waals surface area contributed by atoms with Crippen LogP contribution < -0.4 is 21.3 Å². The second-order valence-electron chi connectivity index (χ2n) is 16.5. The summed E-state index contributed by atoms with van der Waals surface area (Å²) in [6.45, 7) is 11.1. The van der Waals surface area contributed by atoms with Crippen LogP contribution >= 0.6 is 0 Å². The van der Waals surface area contributed by atoms with Crippen LogP contribution in [0.2, 0.25) is 0 Å². The first-order valence-corrected chi connectivity index (χ1v) is 18.9. The molecule has 292 valence electrons. The van der Waals surface area contributed by atoms with Gasteiger partial charge in [0.1, 0.15) is 18.1 Å². The van der Waals surface area contributed by atoms with Gasteiger partial charge in [-0.2, -0.15) is 0 Å². The Morgan fingerprint density at radius 3 is 2.21 bits per heavy atom. The molecule has 8 atom stereocenters. The van der Waals surface area contributed by atoms with Crippen LogP contribution in [0.1, 0.15) is 85.3 Å². The molecule has 4 rings (SSSR count). The number of ketones is 1. The number of ether oxygens (including phenoxy) is 1. The molecule has 14 heteroatoms. The quantitative estimate of drug-likeness (QED) is 0.198. The molecule has 3 aliphatic rings. The van der Waals surface area contributed by atoms with E-state index in [0.717, 1.165) is 19.3 Å². The first-order valence-electron chi connectivity index (χ1n) is 18.9. The molecule has 1 aliphatic heterocycles. The minimum absolute atomic E-state index is 0.106. The maximum atomic E-state index is 14.4. The van der Waals surface area contributed by atoms with Gasteiger partial charge in [0.25, 0.3) is 5.91 Å². The van der Waals surface area contributed by atoms with E-state index in [2.05, 4.69) is 21.3 Å². The predicted molar refractivity (Wildman–Crippen MR) is 197 cm³/mol. The second-order valence-corrected chi connectivity index (χ2v) is 16.5. The van der Waals surface area contributed by atoms with E-state index in [1.807, 2.05) is 41.5 Å². The van der Waals surface area contributed by atoms with E-state index in [1.165, 1.54) is 4.90 Å². The van der Waals surface area contributed by atoms with Crippen molar-refractivity contribution in [2.75, 3.05) is 33.8 Å². The fourth-order valence-corrected chi connectivity index (χ4v) is 8.15. The lowest BCUT2D eigenvalue weighted by atomic mass is 9.78. The number of nitrogens with zero attached hydrogens (tertiary/aromatic N) is 2. The van der Waals surface area contributed by atoms with E-state index < -0.39 is 71.6 Å². The molecule has 6 amide bonds. The zero-order chi connectivity index (χ0) is 39.2. The first-order chi connectivity index (χ1) is 24.9. The molecule has 3 unspecified atom stereocenters. The molecule has 14 nitrogen and oxygen atoms in total. The zero-order valence-electron chi connectivity index (χ0n) is 32.4. The van der Waals surface area contributed by atoms with Crippen LogP contribution in [-0.4, -0.2) is 103 Å². The van der Waals surface area contributed by atoms with Crippen LogP contribution in [0.5, 0.6) is 0 Å². The molecule has 2 saturated carbocycles. The van der Waals surface area contributed by atoms with Gasteiger partial charge in [0.05, 0.1) is 19.2 Å². The average Bonchev–Trinajstić information content (AvgIpc) is 3.83. The van der Waals surface area contributed by atoms with Crippen LogP contribution in [0.15, 0.2) is 30.3 Å². The van der Waals surface area contributed by atoms with Gasteiger partial charge in [-0.15, -0.1) is 0 Å². The molecule has 0 radical (unpaired) electrons. The van der Waals surface area contributed by atoms with E-state index in [0.29, 0.717) is 24.4 Å². The first kappa shape index (κ1) is 41.3. The molecule has 0 spiro atoms. The number of amides is 6. The summed E-state index contributed by atoms with van der Waals surface area (Å²) in [6, 6.07) is 4.61. The molecule has 2 bridgehead atoms. The lowest BCUT2D eigenvalue weighted by Crippen LogP contribution is -2.60. The standard InChI is InChI=1S/C39H58N6O8/c1-9-13-27(32(47)35(49)40-19-28(46)42-30(36(50)44(7)8)23-14-11-10-12-15-23)41-34(48)31-29-25-17-16-24(18-25)26(29)20-45(31)37(51)33(39(4,5)6)43-38(52)53-21-22(2)3/h10-12,14-15,22,24-27,29-31,33H,9,13,16-21H2,1-8H3,(H,40,49)(H,41,48)(H,42,46)(H,43,52)/t24-,25-,26?,27?,29+,30?,31+,33-/m1/s1. The molecular weight excluding hydrogens is 680 g/mol. The number of nitrogens with one attached hydrogen (secondary N) is 4. The zero-order valence-corrected chi connectivity index (χ0v) is 32.4. The number of rotatable bonds is 15. The van der Waals surface area contributed by atoms with E-state index in [9.17, 15) is 33.6 Å². The molecule has 2 aliphatic carbocycles. The number of likely N-dealkylation sites (N-methyl/N-ethyl adjacent to an activating group) is 1. The highest BCUT2D eigenvalue weighted by Gasteiger charge is 2.60. The third-order valence-electron chi connectivity index (χ3n) is 10.7. The molecule has 1 aromatic rings. The van der Waals surface area contributed by atoms with Crippen molar-refractivity contribution in [2.45, 2.75) is 97.8 Å². The molecule has 3 fully saturated rings. The number of carbonyl (C=O) groups excluding carboxylic acids is 7. The number of likely N-dealkylation sites (tertiary alicyclic amines) is 1. The Morgan fingerprint density at radius 1 is 0.943 bits per heavy atom. The summed E-state index contributed by atoms with van der Waals surface area (Å²) in [5.74, 6) is -3.18.